The Labute approximate surface area is 68.9 Å². The van der Waals surface area contributed by atoms with E-state index in [0.29, 0.717) is 0 Å². The van der Waals surface area contributed by atoms with Gasteiger partial charge in [-0.1, -0.05) is 0 Å². The van der Waals surface area contributed by atoms with Crippen molar-refractivity contribution in [1.29, 1.82) is 0 Å². The third-order valence-corrected chi connectivity index (χ3v) is 2.69. The minimum absolute atomic E-state index is 0.998. The van der Waals surface area contributed by atoms with Crippen LogP contribution >= 0.6 is 11.5 Å². The first-order chi connectivity index (χ1) is 5.20. The van der Waals surface area contributed by atoms with E-state index in [1.807, 2.05) is 13.8 Å². The maximum Gasteiger partial charge on any atom is 0.213 e. The third-order valence-electron chi connectivity index (χ3n) is 1.90. The molecule has 2 rings (SSSR count). The second-order valence-electron chi connectivity index (χ2n) is 2.63. The second-order valence-corrected chi connectivity index (χ2v) is 3.36. The molecule has 0 saturated carbocycles. The van der Waals surface area contributed by atoms with Gasteiger partial charge in [-0.15, -0.1) is 0 Å². The molecular weight excluding hydrogens is 158 g/mol. The molecule has 0 saturated heterocycles. The van der Waals surface area contributed by atoms with Crippen molar-refractivity contribution in [3.05, 3.63) is 17.2 Å². The molecule has 0 N–H and O–H groups in total. The maximum atomic E-state index is 4.35. The Morgan fingerprint density at radius 2 is 2.00 bits per heavy atom. The lowest BCUT2D eigenvalue weighted by Crippen LogP contribution is -1.88. The highest BCUT2D eigenvalue weighted by Gasteiger charge is 2.07. The Hall–Kier alpha value is -0.900. The summed E-state index contributed by atoms with van der Waals surface area (Å²) in [6.07, 6.45) is 0. The molecule has 0 bridgehead atoms. The standard InChI is InChI=1S/C7H9N3S/c1-4-5(2)10-6(3)9-11-7(10)8-4/h1-3H3. The van der Waals surface area contributed by atoms with E-state index in [1.165, 1.54) is 17.2 Å². The molecule has 2 aromatic rings. The molecule has 4 heteroatoms. The van der Waals surface area contributed by atoms with E-state index < -0.39 is 0 Å². The molecule has 0 aliphatic rings. The van der Waals surface area contributed by atoms with Crippen molar-refractivity contribution in [3.8, 4) is 0 Å². The van der Waals surface area contributed by atoms with Gasteiger partial charge < -0.3 is 0 Å². The van der Waals surface area contributed by atoms with E-state index in [4.69, 9.17) is 0 Å². The fourth-order valence-electron chi connectivity index (χ4n) is 1.17. The van der Waals surface area contributed by atoms with E-state index in [9.17, 15) is 0 Å². The molecule has 2 heterocycles. The molecule has 0 unspecified atom stereocenters. The average Bonchev–Trinajstić information content (AvgIpc) is 2.41. The van der Waals surface area contributed by atoms with E-state index >= 15 is 0 Å². The normalized spacial score (nSPS) is 11.2. The predicted octanol–water partition coefficient (Wildman–Crippen LogP) is 1.72. The summed E-state index contributed by atoms with van der Waals surface area (Å²) in [4.78, 5) is 5.35. The lowest BCUT2D eigenvalue weighted by Gasteiger charge is -1.90. The first kappa shape index (κ1) is 6.79. The van der Waals surface area contributed by atoms with Crippen LogP contribution in [0.2, 0.25) is 0 Å². The largest absolute Gasteiger partial charge is 0.274 e. The first-order valence-corrected chi connectivity index (χ1v) is 4.25. The minimum Gasteiger partial charge on any atom is -0.274 e. The highest BCUT2D eigenvalue weighted by molar-refractivity contribution is 7.11. The van der Waals surface area contributed by atoms with Crippen molar-refractivity contribution < 1.29 is 0 Å². The highest BCUT2D eigenvalue weighted by Crippen LogP contribution is 2.15. The van der Waals surface area contributed by atoms with E-state index in [-0.39, 0.29) is 0 Å². The molecule has 0 amide bonds. The molecule has 0 radical (unpaired) electrons. The summed E-state index contributed by atoms with van der Waals surface area (Å²) in [6.45, 7) is 6.09. The summed E-state index contributed by atoms with van der Waals surface area (Å²) in [5.74, 6) is 1.03. The van der Waals surface area contributed by atoms with Crippen LogP contribution in [0.1, 0.15) is 17.2 Å². The van der Waals surface area contributed by atoms with Gasteiger partial charge in [0.2, 0.25) is 4.96 Å². The van der Waals surface area contributed by atoms with Crippen molar-refractivity contribution in [2.24, 2.45) is 0 Å². The van der Waals surface area contributed by atoms with Gasteiger partial charge in [-0.2, -0.15) is 4.37 Å². The van der Waals surface area contributed by atoms with Gasteiger partial charge in [0, 0.05) is 17.2 Å². The van der Waals surface area contributed by atoms with Crippen LogP contribution in [-0.2, 0) is 0 Å². The molecule has 3 nitrogen and oxygen atoms in total. The summed E-state index contributed by atoms with van der Waals surface area (Å²) >= 11 is 1.45. The number of fused-ring (bicyclic) bond motifs is 1. The Morgan fingerprint density at radius 3 is 2.64 bits per heavy atom. The summed E-state index contributed by atoms with van der Waals surface area (Å²) in [6, 6.07) is 0. The first-order valence-electron chi connectivity index (χ1n) is 3.48. The zero-order valence-corrected chi connectivity index (χ0v) is 7.57. The van der Waals surface area contributed by atoms with Crippen molar-refractivity contribution >= 4 is 16.5 Å². The Kier molecular flexibility index (Phi) is 1.26. The van der Waals surface area contributed by atoms with Gasteiger partial charge in [-0.3, -0.25) is 4.40 Å². The van der Waals surface area contributed by atoms with Crippen LogP contribution < -0.4 is 0 Å². The van der Waals surface area contributed by atoms with Gasteiger partial charge in [0.15, 0.2) is 0 Å². The molecule has 11 heavy (non-hydrogen) atoms. The van der Waals surface area contributed by atoms with E-state index in [2.05, 4.69) is 20.7 Å². The molecule has 0 aromatic carbocycles. The number of hydrogen-bond donors (Lipinski definition) is 0. The molecule has 0 aliphatic heterocycles. The van der Waals surface area contributed by atoms with Crippen LogP contribution in [0.15, 0.2) is 0 Å². The number of hydrogen-bond acceptors (Lipinski definition) is 3. The fraction of sp³-hybridized carbons (Fsp3) is 0.429. The van der Waals surface area contributed by atoms with Crippen molar-refractivity contribution in [2.45, 2.75) is 20.8 Å². The Balaban J connectivity index is 2.95. The van der Waals surface area contributed by atoms with Gasteiger partial charge in [-0.25, -0.2) is 4.98 Å². The summed E-state index contributed by atoms with van der Waals surface area (Å²) < 4.78 is 6.28. The van der Waals surface area contributed by atoms with Crippen LogP contribution in [0.25, 0.3) is 4.96 Å². The molecule has 2 aromatic heterocycles. The van der Waals surface area contributed by atoms with Gasteiger partial charge in [0.05, 0.1) is 5.69 Å². The van der Waals surface area contributed by atoms with Gasteiger partial charge in [0.1, 0.15) is 5.82 Å². The van der Waals surface area contributed by atoms with Gasteiger partial charge >= 0.3 is 0 Å². The highest BCUT2D eigenvalue weighted by atomic mass is 32.1. The molecule has 0 aliphatic carbocycles. The Bertz CT molecular complexity index is 399. The minimum atomic E-state index is 0.998. The van der Waals surface area contributed by atoms with Crippen molar-refractivity contribution in [3.63, 3.8) is 0 Å². The monoisotopic (exact) mass is 167 g/mol. The fourth-order valence-corrected chi connectivity index (χ4v) is 1.99. The van der Waals surface area contributed by atoms with Crippen LogP contribution in [0, 0.1) is 20.8 Å². The number of nitrogens with zero attached hydrogens (tertiary/aromatic N) is 3. The average molecular weight is 167 g/mol. The number of aromatic nitrogens is 3. The number of imidazole rings is 1. The summed E-state index contributed by atoms with van der Waals surface area (Å²) in [7, 11) is 0. The topological polar surface area (TPSA) is 30.2 Å². The second kappa shape index (κ2) is 2.04. The van der Waals surface area contributed by atoms with E-state index in [1.54, 1.807) is 0 Å². The van der Waals surface area contributed by atoms with Crippen LogP contribution in [0.5, 0.6) is 0 Å². The van der Waals surface area contributed by atoms with Crippen LogP contribution in [0.3, 0.4) is 0 Å². The lowest BCUT2D eigenvalue weighted by molar-refractivity contribution is 1.01. The SMILES string of the molecule is Cc1nc2snc(C)n2c1C. The van der Waals surface area contributed by atoms with E-state index in [0.717, 1.165) is 16.5 Å². The quantitative estimate of drug-likeness (QED) is 0.598. The third kappa shape index (κ3) is 0.790. The molecule has 0 fully saturated rings. The maximum absolute atomic E-state index is 4.35. The zero-order valence-electron chi connectivity index (χ0n) is 6.75. The number of rotatable bonds is 0. The van der Waals surface area contributed by atoms with Gasteiger partial charge in [0.25, 0.3) is 0 Å². The predicted molar refractivity (Wildman–Crippen MR) is 45.1 cm³/mol. The van der Waals surface area contributed by atoms with Gasteiger partial charge in [-0.05, 0) is 20.8 Å². The summed E-state index contributed by atoms with van der Waals surface area (Å²) in [5, 5.41) is 0. The zero-order chi connectivity index (χ0) is 8.01. The Morgan fingerprint density at radius 1 is 1.27 bits per heavy atom. The smallest absolute Gasteiger partial charge is 0.213 e. The van der Waals surface area contributed by atoms with Crippen LogP contribution in [0.4, 0.5) is 0 Å². The number of aryl methyl sites for hydroxylation is 3. The van der Waals surface area contributed by atoms with Crippen molar-refractivity contribution in [1.82, 2.24) is 13.8 Å². The van der Waals surface area contributed by atoms with Crippen LogP contribution in [-0.4, -0.2) is 13.8 Å². The van der Waals surface area contributed by atoms with Crippen molar-refractivity contribution in [2.75, 3.05) is 0 Å². The molecular formula is C7H9N3S. The molecule has 0 spiro atoms. The molecule has 0 atom stereocenters. The molecule has 58 valence electrons. The summed E-state index contributed by atoms with van der Waals surface area (Å²) in [5.41, 5.74) is 2.30. The lowest BCUT2D eigenvalue weighted by atomic mass is 10.4.